The number of nitrogens with one attached hydrogen (secondary N) is 1. The summed E-state index contributed by atoms with van der Waals surface area (Å²) in [6.07, 6.45) is 0.749. The van der Waals surface area contributed by atoms with Gasteiger partial charge in [-0.05, 0) is 71.2 Å². The van der Waals surface area contributed by atoms with E-state index >= 15 is 0 Å². The maximum Gasteiger partial charge on any atom is 0.338 e. The standard InChI is InChI=1S/C23H25BrN2O6S/c1-3-22(28)26-11-9-16-13-18(24)20(14-19(16)26)33(30,31)12-10-21(27)25-17-7-5-15(6-8-17)23(29)32-4-2/h5-8,13-14H,3-4,9-12H2,1-2H3,(H,25,27). The van der Waals surface area contributed by atoms with E-state index in [2.05, 4.69) is 21.2 Å². The average Bonchev–Trinajstić information content (AvgIpc) is 3.20. The van der Waals surface area contributed by atoms with Gasteiger partial charge >= 0.3 is 5.97 Å². The number of hydrogen-bond donors (Lipinski definition) is 1. The molecule has 0 radical (unpaired) electrons. The molecule has 176 valence electrons. The summed E-state index contributed by atoms with van der Waals surface area (Å²) in [5.41, 5.74) is 2.31. The van der Waals surface area contributed by atoms with E-state index in [1.165, 1.54) is 18.2 Å². The molecule has 3 rings (SSSR count). The third-order valence-corrected chi connectivity index (χ3v) is 7.91. The van der Waals surface area contributed by atoms with Crippen LogP contribution in [0.25, 0.3) is 0 Å². The van der Waals surface area contributed by atoms with Crippen molar-refractivity contribution in [2.24, 2.45) is 0 Å². The molecule has 1 heterocycles. The van der Waals surface area contributed by atoms with Crippen molar-refractivity contribution < 1.29 is 27.5 Å². The number of fused-ring (bicyclic) bond motifs is 1. The molecule has 0 fully saturated rings. The molecule has 2 aromatic rings. The van der Waals surface area contributed by atoms with Crippen molar-refractivity contribution in [3.05, 3.63) is 52.0 Å². The average molecular weight is 537 g/mol. The van der Waals surface area contributed by atoms with E-state index in [0.29, 0.717) is 40.8 Å². The van der Waals surface area contributed by atoms with E-state index in [0.717, 1.165) is 5.56 Å². The third-order valence-electron chi connectivity index (χ3n) is 5.24. The molecule has 2 amide bonds. The lowest BCUT2D eigenvalue weighted by Crippen LogP contribution is -2.28. The predicted octanol–water partition coefficient (Wildman–Crippen LogP) is 3.73. The Morgan fingerprint density at radius 3 is 2.45 bits per heavy atom. The first-order valence-corrected chi connectivity index (χ1v) is 13.0. The topological polar surface area (TPSA) is 110 Å². The number of sulfone groups is 1. The molecule has 0 spiro atoms. The second-order valence-corrected chi connectivity index (χ2v) is 10.4. The van der Waals surface area contributed by atoms with Gasteiger partial charge in [0.05, 0.1) is 22.8 Å². The highest BCUT2D eigenvalue weighted by atomic mass is 79.9. The molecule has 10 heteroatoms. The molecule has 8 nitrogen and oxygen atoms in total. The number of anilines is 2. The first kappa shape index (κ1) is 24.9. The molecule has 0 bridgehead atoms. The molecule has 0 saturated heterocycles. The van der Waals surface area contributed by atoms with Gasteiger partial charge in [-0.2, -0.15) is 0 Å². The quantitative estimate of drug-likeness (QED) is 0.514. The summed E-state index contributed by atoms with van der Waals surface area (Å²) < 4.78 is 31.3. The fourth-order valence-corrected chi connectivity index (χ4v) is 5.99. The molecule has 0 atom stereocenters. The lowest BCUT2D eigenvalue weighted by atomic mass is 10.2. The Bertz CT molecular complexity index is 1180. The summed E-state index contributed by atoms with van der Waals surface area (Å²) in [4.78, 5) is 37.9. The summed E-state index contributed by atoms with van der Waals surface area (Å²) in [5, 5.41) is 2.63. The lowest BCUT2D eigenvalue weighted by molar-refractivity contribution is -0.118. The highest BCUT2D eigenvalue weighted by Crippen LogP contribution is 2.36. The minimum atomic E-state index is -3.79. The number of amides is 2. The lowest BCUT2D eigenvalue weighted by Gasteiger charge is -2.18. The molecular formula is C23H25BrN2O6S. The van der Waals surface area contributed by atoms with Gasteiger partial charge in [0.25, 0.3) is 0 Å². The van der Waals surface area contributed by atoms with Crippen LogP contribution < -0.4 is 10.2 Å². The van der Waals surface area contributed by atoms with Gasteiger partial charge in [0.2, 0.25) is 11.8 Å². The van der Waals surface area contributed by atoms with Crippen LogP contribution in [0.15, 0.2) is 45.8 Å². The van der Waals surface area contributed by atoms with Crippen molar-refractivity contribution in [1.82, 2.24) is 0 Å². The van der Waals surface area contributed by atoms with E-state index in [-0.39, 0.29) is 23.8 Å². The highest BCUT2D eigenvalue weighted by molar-refractivity contribution is 9.10. The van der Waals surface area contributed by atoms with Gasteiger partial charge in [-0.3, -0.25) is 9.59 Å². The minimum Gasteiger partial charge on any atom is -0.462 e. The largest absolute Gasteiger partial charge is 0.462 e. The molecule has 1 aliphatic rings. The van der Waals surface area contributed by atoms with Gasteiger partial charge < -0.3 is 15.0 Å². The van der Waals surface area contributed by atoms with E-state index < -0.39 is 27.5 Å². The van der Waals surface area contributed by atoms with Crippen LogP contribution in [-0.2, 0) is 30.6 Å². The van der Waals surface area contributed by atoms with Gasteiger partial charge in [-0.25, -0.2) is 13.2 Å². The van der Waals surface area contributed by atoms with Crippen LogP contribution in [0.3, 0.4) is 0 Å². The summed E-state index contributed by atoms with van der Waals surface area (Å²) in [7, 11) is -3.79. The smallest absolute Gasteiger partial charge is 0.338 e. The molecule has 0 aromatic heterocycles. The number of carbonyl (C=O) groups is 3. The van der Waals surface area contributed by atoms with Gasteiger partial charge in [0.1, 0.15) is 0 Å². The Kier molecular flexibility index (Phi) is 7.91. The SMILES string of the molecule is CCOC(=O)c1ccc(NC(=O)CCS(=O)(=O)c2cc3c(cc2Br)CCN3C(=O)CC)cc1. The van der Waals surface area contributed by atoms with Crippen molar-refractivity contribution in [2.75, 3.05) is 29.1 Å². The molecule has 0 aliphatic carbocycles. The zero-order chi connectivity index (χ0) is 24.2. The summed E-state index contributed by atoms with van der Waals surface area (Å²) >= 11 is 3.33. The second-order valence-electron chi connectivity index (χ2n) is 7.48. The van der Waals surface area contributed by atoms with Gasteiger partial charge in [0.15, 0.2) is 9.84 Å². The van der Waals surface area contributed by atoms with E-state index in [4.69, 9.17) is 4.74 Å². The molecule has 1 aliphatic heterocycles. The monoisotopic (exact) mass is 536 g/mol. The Morgan fingerprint density at radius 1 is 1.12 bits per heavy atom. The predicted molar refractivity (Wildman–Crippen MR) is 128 cm³/mol. The zero-order valence-electron chi connectivity index (χ0n) is 18.4. The Labute approximate surface area is 201 Å². The van der Waals surface area contributed by atoms with Crippen LogP contribution in [-0.4, -0.2) is 45.1 Å². The third kappa shape index (κ3) is 5.80. The minimum absolute atomic E-state index is 0.0589. The Hall–Kier alpha value is -2.72. The maximum absolute atomic E-state index is 13.0. The number of rotatable bonds is 8. The fraction of sp³-hybridized carbons (Fsp3) is 0.348. The number of ether oxygens (including phenoxy) is 1. The fourth-order valence-electron chi connectivity index (χ4n) is 3.54. The van der Waals surface area contributed by atoms with Crippen molar-refractivity contribution in [1.29, 1.82) is 0 Å². The Balaban J connectivity index is 1.67. The molecule has 0 saturated carbocycles. The number of esters is 1. The number of benzene rings is 2. The van der Waals surface area contributed by atoms with Crippen LogP contribution in [0.2, 0.25) is 0 Å². The molecule has 33 heavy (non-hydrogen) atoms. The van der Waals surface area contributed by atoms with E-state index in [9.17, 15) is 22.8 Å². The van der Waals surface area contributed by atoms with E-state index in [1.54, 1.807) is 36.9 Å². The van der Waals surface area contributed by atoms with Gasteiger partial charge in [0, 0.05) is 35.2 Å². The number of carbonyl (C=O) groups excluding carboxylic acids is 3. The summed E-state index contributed by atoms with van der Waals surface area (Å²) in [6, 6.07) is 9.40. The summed E-state index contributed by atoms with van der Waals surface area (Å²) in [5.74, 6) is -1.38. The summed E-state index contributed by atoms with van der Waals surface area (Å²) in [6.45, 7) is 4.26. The van der Waals surface area contributed by atoms with Crippen molar-refractivity contribution >= 4 is 54.9 Å². The van der Waals surface area contributed by atoms with Crippen LogP contribution in [0, 0.1) is 0 Å². The van der Waals surface area contributed by atoms with Crippen LogP contribution in [0.1, 0.15) is 42.6 Å². The number of nitrogens with zero attached hydrogens (tertiary/aromatic N) is 1. The van der Waals surface area contributed by atoms with Crippen molar-refractivity contribution in [3.8, 4) is 0 Å². The second kappa shape index (κ2) is 10.5. The number of hydrogen-bond acceptors (Lipinski definition) is 6. The van der Waals surface area contributed by atoms with Gasteiger partial charge in [-0.15, -0.1) is 0 Å². The molecular weight excluding hydrogens is 512 g/mol. The zero-order valence-corrected chi connectivity index (χ0v) is 20.8. The van der Waals surface area contributed by atoms with Crippen molar-refractivity contribution in [3.63, 3.8) is 0 Å². The maximum atomic E-state index is 13.0. The molecule has 2 aromatic carbocycles. The molecule has 1 N–H and O–H groups in total. The van der Waals surface area contributed by atoms with Crippen LogP contribution in [0.4, 0.5) is 11.4 Å². The number of halogens is 1. The highest BCUT2D eigenvalue weighted by Gasteiger charge is 2.28. The first-order chi connectivity index (χ1) is 15.7. The van der Waals surface area contributed by atoms with Crippen LogP contribution in [0.5, 0.6) is 0 Å². The van der Waals surface area contributed by atoms with Crippen molar-refractivity contribution in [2.45, 2.75) is 38.0 Å². The normalized spacial score (nSPS) is 12.9. The van der Waals surface area contributed by atoms with Gasteiger partial charge in [-0.1, -0.05) is 6.92 Å². The first-order valence-electron chi connectivity index (χ1n) is 10.6. The Morgan fingerprint density at radius 2 is 1.82 bits per heavy atom. The van der Waals surface area contributed by atoms with E-state index in [1.807, 2.05) is 0 Å². The van der Waals surface area contributed by atoms with Crippen LogP contribution >= 0.6 is 15.9 Å². The molecule has 0 unspecified atom stereocenters.